The van der Waals surface area contributed by atoms with Gasteiger partial charge in [-0.3, -0.25) is 6.08 Å². The predicted molar refractivity (Wildman–Crippen MR) is 234 cm³/mol. The molecule has 3 aliphatic carbocycles. The van der Waals surface area contributed by atoms with Crippen molar-refractivity contribution in [1.82, 2.24) is 0 Å². The molecule has 1 atom stereocenters. The van der Waals surface area contributed by atoms with Gasteiger partial charge in [0.15, 0.2) is 0 Å². The molecule has 272 valence electrons. The van der Waals surface area contributed by atoms with Crippen LogP contribution in [0.15, 0.2) is 163 Å². The fraction of sp³-hybridized carbons (Fsp3) is 0.196. The second kappa shape index (κ2) is 21.3. The van der Waals surface area contributed by atoms with E-state index in [-0.39, 0.29) is 30.2 Å². The normalized spacial score (nSPS) is 15.7. The Morgan fingerprint density at radius 3 is 1.78 bits per heavy atom. The minimum absolute atomic E-state index is 0. The molecule has 5 aromatic carbocycles. The van der Waals surface area contributed by atoms with Crippen LogP contribution in [0.25, 0.3) is 28.3 Å². The molecular weight excluding hydrogens is 775 g/mol. The molecular formula is C51H50Cl2Zr. The molecule has 54 heavy (non-hydrogen) atoms. The SMILES string of the molecule is CCCCC1(C)[C-]=C2C=c3cc(C)c(-c4ccccc4)cc3=C2C=C1c1ccccc1.Cl.Cl.[C-]1=CC=CC1.[Zr+2]=[C](Cc1ccccc1)Cc1ccccc1. The molecule has 0 fully saturated rings. The first-order chi connectivity index (χ1) is 25.4. The van der Waals surface area contributed by atoms with Crippen LogP contribution in [0.4, 0.5) is 0 Å². The summed E-state index contributed by atoms with van der Waals surface area (Å²) < 4.78 is 1.60. The van der Waals surface area contributed by atoms with Crippen molar-refractivity contribution >= 4 is 45.2 Å². The van der Waals surface area contributed by atoms with E-state index >= 15 is 0 Å². The summed E-state index contributed by atoms with van der Waals surface area (Å²) in [6.45, 7) is 6.86. The van der Waals surface area contributed by atoms with Crippen molar-refractivity contribution in [2.24, 2.45) is 5.41 Å². The fourth-order valence-electron chi connectivity index (χ4n) is 7.15. The molecule has 0 heterocycles. The van der Waals surface area contributed by atoms with Crippen LogP contribution >= 0.6 is 24.8 Å². The van der Waals surface area contributed by atoms with Crippen molar-refractivity contribution in [3.8, 4) is 11.1 Å². The van der Waals surface area contributed by atoms with Gasteiger partial charge in [0, 0.05) is 0 Å². The van der Waals surface area contributed by atoms with Gasteiger partial charge in [-0.2, -0.15) is 23.8 Å². The van der Waals surface area contributed by atoms with Crippen molar-refractivity contribution in [3.05, 3.63) is 208 Å². The van der Waals surface area contributed by atoms with Crippen LogP contribution in [-0.4, -0.2) is 3.21 Å². The average Bonchev–Trinajstić information content (AvgIpc) is 3.87. The third-order valence-corrected chi connectivity index (χ3v) is 10.7. The molecule has 0 bridgehead atoms. The fourth-order valence-corrected chi connectivity index (χ4v) is 8.15. The molecule has 0 radical (unpaired) electrons. The molecule has 1 unspecified atom stereocenters. The van der Waals surface area contributed by atoms with Gasteiger partial charge in [-0.25, -0.2) is 12.2 Å². The number of unbranched alkanes of at least 4 members (excludes halogenated alkanes) is 1. The summed E-state index contributed by atoms with van der Waals surface area (Å²) in [5, 5.41) is 2.65. The van der Waals surface area contributed by atoms with E-state index in [1.54, 1.807) is 27.4 Å². The van der Waals surface area contributed by atoms with Gasteiger partial charge in [0.2, 0.25) is 0 Å². The predicted octanol–water partition coefficient (Wildman–Crippen LogP) is 12.0. The molecule has 3 heteroatoms. The number of rotatable bonds is 9. The van der Waals surface area contributed by atoms with Crippen LogP contribution in [-0.2, 0) is 37.1 Å². The Morgan fingerprint density at radius 1 is 0.722 bits per heavy atom. The number of aryl methyl sites for hydroxylation is 1. The Bertz CT molecular complexity index is 2160. The zero-order valence-corrected chi connectivity index (χ0v) is 35.7. The summed E-state index contributed by atoms with van der Waals surface area (Å²) in [6, 6.07) is 47.7. The topological polar surface area (TPSA) is 0 Å². The van der Waals surface area contributed by atoms with Gasteiger partial charge in [0.1, 0.15) is 0 Å². The molecule has 0 aromatic heterocycles. The van der Waals surface area contributed by atoms with Crippen molar-refractivity contribution in [1.29, 1.82) is 0 Å². The third kappa shape index (κ3) is 11.3. The Labute approximate surface area is 351 Å². The quantitative estimate of drug-likeness (QED) is 0.130. The number of hydrogen-bond acceptors (Lipinski definition) is 0. The Hall–Kier alpha value is -3.87. The molecule has 0 N–H and O–H groups in total. The summed E-state index contributed by atoms with van der Waals surface area (Å²) in [5.74, 6) is 0. The van der Waals surface area contributed by atoms with Crippen molar-refractivity contribution in [2.75, 3.05) is 0 Å². The number of halogens is 2. The van der Waals surface area contributed by atoms with E-state index in [1.165, 1.54) is 73.4 Å². The summed E-state index contributed by atoms with van der Waals surface area (Å²) in [5.41, 5.74) is 12.0. The van der Waals surface area contributed by atoms with Crippen LogP contribution < -0.4 is 10.4 Å². The van der Waals surface area contributed by atoms with Gasteiger partial charge >= 0.3 is 112 Å². The standard InChI is InChI=1S/C31H29.C15H14.C5H5.2ClH.Zr/c1-4-5-16-31(3)21-26-18-25-17-22(2)27(23-12-8-6-9-13-23)19-28(25)29(26)20-30(31)24-14-10-7-11-15-24;1-3-8-14(9-4-1)12-7-13-15-10-5-2-6-11-15;1-2-4-5-3-1;;;/h6-15,17-20H,4-5,16H2,1-3H3;1-6,8-11H,12-13H2;1-3H,4H2;2*1H;/q-1;;-1;;;+2. The van der Waals surface area contributed by atoms with Crippen LogP contribution in [0.1, 0.15) is 61.8 Å². The van der Waals surface area contributed by atoms with Crippen molar-refractivity contribution in [3.63, 3.8) is 0 Å². The van der Waals surface area contributed by atoms with E-state index in [0.717, 1.165) is 25.7 Å². The third-order valence-electron chi connectivity index (χ3n) is 9.88. The van der Waals surface area contributed by atoms with E-state index < -0.39 is 0 Å². The molecule has 0 aliphatic heterocycles. The van der Waals surface area contributed by atoms with Crippen LogP contribution in [0.2, 0.25) is 0 Å². The minimum atomic E-state index is -0.0634. The summed E-state index contributed by atoms with van der Waals surface area (Å²) in [6.07, 6.45) is 24.5. The first kappa shape index (κ1) is 42.9. The van der Waals surface area contributed by atoms with E-state index in [9.17, 15) is 0 Å². The van der Waals surface area contributed by atoms with Crippen LogP contribution in [0.5, 0.6) is 0 Å². The van der Waals surface area contributed by atoms with Gasteiger partial charge in [0.25, 0.3) is 0 Å². The summed E-state index contributed by atoms with van der Waals surface area (Å²) >= 11 is 1.55. The molecule has 0 spiro atoms. The Morgan fingerprint density at radius 2 is 1.28 bits per heavy atom. The van der Waals surface area contributed by atoms with E-state index in [1.807, 2.05) is 12.2 Å². The summed E-state index contributed by atoms with van der Waals surface area (Å²) in [4.78, 5) is 0. The first-order valence-corrected chi connectivity index (χ1v) is 19.9. The molecule has 8 rings (SSSR count). The van der Waals surface area contributed by atoms with Gasteiger partial charge < -0.3 is 0 Å². The van der Waals surface area contributed by atoms with Gasteiger partial charge in [-0.1, -0.05) is 122 Å². The van der Waals surface area contributed by atoms with Crippen molar-refractivity contribution in [2.45, 2.75) is 59.3 Å². The molecule has 3 aliphatic rings. The van der Waals surface area contributed by atoms with E-state index in [2.05, 4.69) is 185 Å². The van der Waals surface area contributed by atoms with Crippen molar-refractivity contribution < 1.29 is 24.2 Å². The maximum atomic E-state index is 3.96. The Kier molecular flexibility index (Phi) is 16.9. The molecule has 0 saturated heterocycles. The van der Waals surface area contributed by atoms with E-state index in [0.29, 0.717) is 0 Å². The zero-order chi connectivity index (χ0) is 36.2. The maximum absolute atomic E-state index is 3.96. The molecule has 0 saturated carbocycles. The van der Waals surface area contributed by atoms with Gasteiger partial charge in [-0.15, -0.1) is 42.9 Å². The van der Waals surface area contributed by atoms with E-state index in [4.69, 9.17) is 0 Å². The van der Waals surface area contributed by atoms with Crippen LogP contribution in [0, 0.1) is 24.5 Å². The van der Waals surface area contributed by atoms with Gasteiger partial charge in [0.05, 0.1) is 0 Å². The summed E-state index contributed by atoms with van der Waals surface area (Å²) in [7, 11) is 0. The molecule has 5 aromatic rings. The molecule has 0 amide bonds. The van der Waals surface area contributed by atoms with Crippen LogP contribution in [0.3, 0.4) is 0 Å². The average molecular weight is 825 g/mol. The molecule has 0 nitrogen and oxygen atoms in total. The number of fused-ring (bicyclic) bond motifs is 2. The van der Waals surface area contributed by atoms with Gasteiger partial charge in [-0.05, 0) is 34.6 Å². The second-order valence-electron chi connectivity index (χ2n) is 14.0. The Balaban J connectivity index is 0.000000236. The number of allylic oxidation sites excluding steroid dienone is 8. The number of hydrogen-bond donors (Lipinski definition) is 0. The number of benzene rings is 5. The zero-order valence-electron chi connectivity index (χ0n) is 31.6. The monoisotopic (exact) mass is 822 g/mol. The second-order valence-corrected chi connectivity index (χ2v) is 15.7. The first-order valence-electron chi connectivity index (χ1n) is 18.6.